The summed E-state index contributed by atoms with van der Waals surface area (Å²) in [6, 6.07) is 2.95. The second-order valence-electron chi connectivity index (χ2n) is 5.73. The van der Waals surface area contributed by atoms with E-state index in [0.29, 0.717) is 18.5 Å². The fourth-order valence-corrected chi connectivity index (χ4v) is 2.73. The molecular formula is C16H21F2N3O2. The number of hydrogen-bond donors (Lipinski definition) is 2. The number of likely N-dealkylation sites (N-methyl/N-ethyl adjacent to an activating group) is 1. The quantitative estimate of drug-likeness (QED) is 0.889. The lowest BCUT2D eigenvalue weighted by Crippen LogP contribution is -2.49. The Bertz CT molecular complexity index is 595. The van der Waals surface area contributed by atoms with Crippen LogP contribution in [0.4, 0.5) is 13.6 Å². The maximum atomic E-state index is 13.2. The molecular weight excluding hydrogens is 304 g/mol. The van der Waals surface area contributed by atoms with Crippen LogP contribution in [0.2, 0.25) is 0 Å². The third-order valence-electron chi connectivity index (χ3n) is 4.13. The third kappa shape index (κ3) is 3.97. The number of hydrogen-bond acceptors (Lipinski definition) is 2. The van der Waals surface area contributed by atoms with Gasteiger partial charge in [0.2, 0.25) is 5.91 Å². The Morgan fingerprint density at radius 1 is 1.35 bits per heavy atom. The number of rotatable bonds is 4. The average Bonchev–Trinajstić information content (AvgIpc) is 3.03. The number of amides is 3. The number of carbonyl (C=O) groups is 2. The van der Waals surface area contributed by atoms with Crippen molar-refractivity contribution in [2.75, 3.05) is 20.1 Å². The first-order valence-corrected chi connectivity index (χ1v) is 7.65. The predicted molar refractivity (Wildman–Crippen MR) is 82.0 cm³/mol. The van der Waals surface area contributed by atoms with Crippen molar-refractivity contribution in [1.82, 2.24) is 15.5 Å². The summed E-state index contributed by atoms with van der Waals surface area (Å²) in [5.41, 5.74) is 0.605. The van der Waals surface area contributed by atoms with E-state index in [9.17, 15) is 18.4 Å². The van der Waals surface area contributed by atoms with Crippen molar-refractivity contribution in [3.05, 3.63) is 35.4 Å². The summed E-state index contributed by atoms with van der Waals surface area (Å²) in [4.78, 5) is 25.5. The predicted octanol–water partition coefficient (Wildman–Crippen LogP) is 1.99. The van der Waals surface area contributed by atoms with E-state index >= 15 is 0 Å². The molecule has 0 spiro atoms. The number of benzene rings is 1. The average molecular weight is 325 g/mol. The van der Waals surface area contributed by atoms with Gasteiger partial charge in [0.05, 0.1) is 0 Å². The molecule has 2 rings (SSSR count). The number of carbonyl (C=O) groups excluding carboxylic acids is 2. The van der Waals surface area contributed by atoms with Crippen molar-refractivity contribution < 1.29 is 18.4 Å². The van der Waals surface area contributed by atoms with Crippen LogP contribution in [-0.2, 0) is 4.79 Å². The summed E-state index contributed by atoms with van der Waals surface area (Å²) < 4.78 is 26.2. The van der Waals surface area contributed by atoms with E-state index in [1.165, 1.54) is 11.0 Å². The molecule has 5 nitrogen and oxygen atoms in total. The summed E-state index contributed by atoms with van der Waals surface area (Å²) in [5.74, 6) is -2.14. The Morgan fingerprint density at radius 2 is 2.09 bits per heavy atom. The molecule has 1 aromatic carbocycles. The highest BCUT2D eigenvalue weighted by molar-refractivity contribution is 5.87. The van der Waals surface area contributed by atoms with Gasteiger partial charge < -0.3 is 15.5 Å². The highest BCUT2D eigenvalue weighted by Gasteiger charge is 2.33. The molecule has 23 heavy (non-hydrogen) atoms. The van der Waals surface area contributed by atoms with Gasteiger partial charge in [0.15, 0.2) is 11.6 Å². The zero-order chi connectivity index (χ0) is 17.0. The minimum absolute atomic E-state index is 0.171. The van der Waals surface area contributed by atoms with E-state index in [4.69, 9.17) is 0 Å². The lowest BCUT2D eigenvalue weighted by molar-refractivity contribution is -0.124. The number of halogens is 2. The molecule has 0 saturated carbocycles. The minimum atomic E-state index is -0.903. The summed E-state index contributed by atoms with van der Waals surface area (Å²) >= 11 is 0. The van der Waals surface area contributed by atoms with Crippen LogP contribution >= 0.6 is 0 Å². The highest BCUT2D eigenvalue weighted by Crippen LogP contribution is 2.19. The van der Waals surface area contributed by atoms with Crippen molar-refractivity contribution in [2.45, 2.75) is 31.7 Å². The van der Waals surface area contributed by atoms with Gasteiger partial charge in [-0.05, 0) is 36.5 Å². The Labute approximate surface area is 134 Å². The van der Waals surface area contributed by atoms with Crippen molar-refractivity contribution in [2.24, 2.45) is 0 Å². The standard InChI is InChI=1S/C16H21F2N3O2/c1-10(11-5-6-12(17)13(18)8-11)9-20-16(23)21-7-3-4-14(21)15(22)19-2/h5-6,8,10,14H,3-4,7,9H2,1-2H3,(H,19,22)(H,20,23). The molecule has 2 N–H and O–H groups in total. The zero-order valence-electron chi connectivity index (χ0n) is 13.2. The van der Waals surface area contributed by atoms with Gasteiger partial charge in [-0.25, -0.2) is 13.6 Å². The van der Waals surface area contributed by atoms with Gasteiger partial charge in [-0.3, -0.25) is 4.79 Å². The van der Waals surface area contributed by atoms with Crippen LogP contribution in [0.3, 0.4) is 0 Å². The van der Waals surface area contributed by atoms with E-state index in [0.717, 1.165) is 18.6 Å². The Hall–Kier alpha value is -2.18. The SMILES string of the molecule is CNC(=O)C1CCCN1C(=O)NCC(C)c1ccc(F)c(F)c1. The Kier molecular flexibility index (Phi) is 5.52. The van der Waals surface area contributed by atoms with Crippen molar-refractivity contribution in [3.63, 3.8) is 0 Å². The molecule has 0 bridgehead atoms. The largest absolute Gasteiger partial charge is 0.357 e. The number of urea groups is 1. The fourth-order valence-electron chi connectivity index (χ4n) is 2.73. The van der Waals surface area contributed by atoms with Crippen molar-refractivity contribution in [1.29, 1.82) is 0 Å². The topological polar surface area (TPSA) is 61.4 Å². The molecule has 7 heteroatoms. The molecule has 1 heterocycles. The highest BCUT2D eigenvalue weighted by atomic mass is 19.2. The molecule has 2 unspecified atom stereocenters. The molecule has 0 aliphatic carbocycles. The lowest BCUT2D eigenvalue weighted by Gasteiger charge is -2.24. The van der Waals surface area contributed by atoms with Gasteiger partial charge in [-0.1, -0.05) is 13.0 Å². The summed E-state index contributed by atoms with van der Waals surface area (Å²) in [6.45, 7) is 2.62. The molecule has 2 atom stereocenters. The summed E-state index contributed by atoms with van der Waals surface area (Å²) in [7, 11) is 1.54. The zero-order valence-corrected chi connectivity index (χ0v) is 13.2. The number of likely N-dealkylation sites (tertiary alicyclic amines) is 1. The molecule has 1 aromatic rings. The molecule has 126 valence electrons. The van der Waals surface area contributed by atoms with Crippen LogP contribution in [-0.4, -0.2) is 43.0 Å². The van der Waals surface area contributed by atoms with Gasteiger partial charge >= 0.3 is 6.03 Å². The van der Waals surface area contributed by atoms with Crippen molar-refractivity contribution in [3.8, 4) is 0 Å². The Morgan fingerprint density at radius 3 is 2.74 bits per heavy atom. The maximum absolute atomic E-state index is 13.2. The van der Waals surface area contributed by atoms with Crippen LogP contribution in [0.5, 0.6) is 0 Å². The van der Waals surface area contributed by atoms with E-state index < -0.39 is 17.7 Å². The number of nitrogens with zero attached hydrogens (tertiary/aromatic N) is 1. The van der Waals surface area contributed by atoms with Crippen LogP contribution in [0, 0.1) is 11.6 Å². The van der Waals surface area contributed by atoms with E-state index in [2.05, 4.69) is 10.6 Å². The summed E-state index contributed by atoms with van der Waals surface area (Å²) in [6.07, 6.45) is 1.43. The minimum Gasteiger partial charge on any atom is -0.357 e. The van der Waals surface area contributed by atoms with Crippen molar-refractivity contribution >= 4 is 11.9 Å². The summed E-state index contributed by atoms with van der Waals surface area (Å²) in [5, 5.41) is 5.31. The van der Waals surface area contributed by atoms with Crippen LogP contribution < -0.4 is 10.6 Å². The maximum Gasteiger partial charge on any atom is 0.318 e. The van der Waals surface area contributed by atoms with Crippen LogP contribution in [0.15, 0.2) is 18.2 Å². The normalized spacial score (nSPS) is 18.6. The third-order valence-corrected chi connectivity index (χ3v) is 4.13. The number of nitrogens with one attached hydrogen (secondary N) is 2. The van der Waals surface area contributed by atoms with Gasteiger partial charge in [-0.15, -0.1) is 0 Å². The molecule has 1 saturated heterocycles. The molecule has 0 aromatic heterocycles. The molecule has 3 amide bonds. The fraction of sp³-hybridized carbons (Fsp3) is 0.500. The smallest absolute Gasteiger partial charge is 0.318 e. The monoisotopic (exact) mass is 325 g/mol. The molecule has 1 fully saturated rings. The Balaban J connectivity index is 1.93. The van der Waals surface area contributed by atoms with Gasteiger partial charge in [0.1, 0.15) is 6.04 Å². The van der Waals surface area contributed by atoms with Gasteiger partial charge in [-0.2, -0.15) is 0 Å². The van der Waals surface area contributed by atoms with E-state index in [1.807, 2.05) is 6.92 Å². The second kappa shape index (κ2) is 7.39. The molecule has 0 radical (unpaired) electrons. The van der Waals surface area contributed by atoms with Crippen LogP contribution in [0.1, 0.15) is 31.2 Å². The van der Waals surface area contributed by atoms with Crippen LogP contribution in [0.25, 0.3) is 0 Å². The van der Waals surface area contributed by atoms with Gasteiger partial charge in [0, 0.05) is 20.1 Å². The first-order valence-electron chi connectivity index (χ1n) is 7.65. The van der Waals surface area contributed by atoms with E-state index in [-0.39, 0.29) is 24.4 Å². The molecule has 1 aliphatic heterocycles. The lowest BCUT2D eigenvalue weighted by atomic mass is 10.0. The van der Waals surface area contributed by atoms with Gasteiger partial charge in [0.25, 0.3) is 0 Å². The first kappa shape index (κ1) is 17.2. The van der Waals surface area contributed by atoms with E-state index in [1.54, 1.807) is 7.05 Å². The second-order valence-corrected chi connectivity index (χ2v) is 5.73. The molecule has 1 aliphatic rings. The first-order chi connectivity index (χ1) is 10.9.